The van der Waals surface area contributed by atoms with Gasteiger partial charge in [0, 0.05) is 44.7 Å². The lowest BCUT2D eigenvalue weighted by Crippen LogP contribution is -2.41. The Morgan fingerprint density at radius 2 is 1.66 bits per heavy atom. The van der Waals surface area contributed by atoms with Crippen LogP contribution < -0.4 is 16.0 Å². The van der Waals surface area contributed by atoms with E-state index < -0.39 is 0 Å². The van der Waals surface area contributed by atoms with Gasteiger partial charge >= 0.3 is 0 Å². The lowest BCUT2D eigenvalue weighted by Gasteiger charge is -2.18. The van der Waals surface area contributed by atoms with Crippen LogP contribution in [0.2, 0.25) is 10.0 Å². The lowest BCUT2D eigenvalue weighted by molar-refractivity contribution is -0.130. The number of rotatable bonds is 10. The molecule has 0 spiro atoms. The van der Waals surface area contributed by atoms with Crippen LogP contribution in [0.1, 0.15) is 37.6 Å². The molecule has 29 heavy (non-hydrogen) atoms. The molecule has 0 bridgehead atoms. The van der Waals surface area contributed by atoms with Crippen LogP contribution in [0.4, 0.5) is 0 Å². The first-order valence-electron chi connectivity index (χ1n) is 9.46. The second kappa shape index (κ2) is 15.6. The molecule has 0 aliphatic rings. The summed E-state index contributed by atoms with van der Waals surface area (Å²) in [5, 5.41) is 9.80. The first kappa shape index (κ1) is 27.7. The molecular weight excluding hydrogens is 528 g/mol. The predicted molar refractivity (Wildman–Crippen MR) is 131 cm³/mol. The molecule has 0 unspecified atom stereocenters. The molecule has 0 fully saturated rings. The minimum atomic E-state index is -0.230. The lowest BCUT2D eigenvalue weighted by atomic mass is 10.2. The molecule has 0 saturated heterocycles. The van der Waals surface area contributed by atoms with Crippen molar-refractivity contribution in [2.24, 2.45) is 4.99 Å². The highest BCUT2D eigenvalue weighted by Crippen LogP contribution is 2.22. The molecule has 0 heterocycles. The van der Waals surface area contributed by atoms with Crippen molar-refractivity contribution in [1.82, 2.24) is 20.9 Å². The third-order valence-electron chi connectivity index (χ3n) is 3.94. The third-order valence-corrected chi connectivity index (χ3v) is 4.68. The zero-order valence-corrected chi connectivity index (χ0v) is 20.9. The van der Waals surface area contributed by atoms with Gasteiger partial charge < -0.3 is 20.9 Å². The Balaban J connectivity index is 0.00000784. The van der Waals surface area contributed by atoms with Crippen LogP contribution >= 0.6 is 47.2 Å². The van der Waals surface area contributed by atoms with Gasteiger partial charge in [0.15, 0.2) is 5.96 Å². The fourth-order valence-corrected chi connectivity index (χ4v) is 2.73. The Morgan fingerprint density at radius 3 is 2.24 bits per heavy atom. The monoisotopic (exact) mass is 557 g/mol. The SMILES string of the molecule is CCNC(=NCCC(=O)N(CC)CC)NCCNC(=O)c1ccc(Cl)c(Cl)c1.I. The predicted octanol–water partition coefficient (Wildman–Crippen LogP) is 3.15. The number of amides is 2. The quantitative estimate of drug-likeness (QED) is 0.178. The number of carbonyl (C=O) groups excluding carboxylic acids is 2. The van der Waals surface area contributed by atoms with Crippen LogP contribution in [-0.4, -0.2) is 61.9 Å². The van der Waals surface area contributed by atoms with Crippen molar-refractivity contribution in [3.05, 3.63) is 33.8 Å². The summed E-state index contributed by atoms with van der Waals surface area (Å²) in [4.78, 5) is 30.3. The minimum absolute atomic E-state index is 0. The van der Waals surface area contributed by atoms with Gasteiger partial charge in [0.05, 0.1) is 16.6 Å². The van der Waals surface area contributed by atoms with Crippen molar-refractivity contribution in [2.75, 3.05) is 39.3 Å². The van der Waals surface area contributed by atoms with Crippen molar-refractivity contribution in [1.29, 1.82) is 0 Å². The molecule has 7 nitrogen and oxygen atoms in total. The average Bonchev–Trinajstić information content (AvgIpc) is 2.68. The summed E-state index contributed by atoms with van der Waals surface area (Å²) >= 11 is 11.8. The molecule has 1 aromatic carbocycles. The number of hydrogen-bond donors (Lipinski definition) is 3. The van der Waals surface area contributed by atoms with Gasteiger partial charge in [-0.1, -0.05) is 23.2 Å². The van der Waals surface area contributed by atoms with Crippen LogP contribution in [0.25, 0.3) is 0 Å². The minimum Gasteiger partial charge on any atom is -0.357 e. The summed E-state index contributed by atoms with van der Waals surface area (Å²) in [5.74, 6) is 0.476. The number of guanidine groups is 1. The van der Waals surface area contributed by atoms with Crippen LogP contribution in [0.3, 0.4) is 0 Å². The Hall–Kier alpha value is -1.26. The molecule has 0 aliphatic heterocycles. The molecule has 10 heteroatoms. The van der Waals surface area contributed by atoms with Crippen molar-refractivity contribution >= 4 is 65.0 Å². The maximum atomic E-state index is 12.1. The second-order valence-corrected chi connectivity index (χ2v) is 6.70. The van der Waals surface area contributed by atoms with Crippen molar-refractivity contribution in [3.8, 4) is 0 Å². The van der Waals surface area contributed by atoms with Gasteiger partial charge in [-0.15, -0.1) is 24.0 Å². The molecule has 1 rings (SSSR count). The molecule has 3 N–H and O–H groups in total. The van der Waals surface area contributed by atoms with Crippen molar-refractivity contribution in [2.45, 2.75) is 27.2 Å². The highest BCUT2D eigenvalue weighted by molar-refractivity contribution is 14.0. The van der Waals surface area contributed by atoms with Crippen LogP contribution in [0.15, 0.2) is 23.2 Å². The van der Waals surface area contributed by atoms with E-state index in [2.05, 4.69) is 20.9 Å². The molecule has 164 valence electrons. The van der Waals surface area contributed by atoms with E-state index in [1.165, 1.54) is 6.07 Å². The van der Waals surface area contributed by atoms with E-state index in [-0.39, 0.29) is 35.8 Å². The van der Waals surface area contributed by atoms with E-state index in [9.17, 15) is 9.59 Å². The number of hydrogen-bond acceptors (Lipinski definition) is 3. The molecule has 0 radical (unpaired) electrons. The fraction of sp³-hybridized carbons (Fsp3) is 0.526. The smallest absolute Gasteiger partial charge is 0.251 e. The largest absolute Gasteiger partial charge is 0.357 e. The summed E-state index contributed by atoms with van der Waals surface area (Å²) in [6.45, 7) is 9.29. The summed E-state index contributed by atoms with van der Waals surface area (Å²) < 4.78 is 0. The normalized spacial score (nSPS) is 10.7. The molecule has 0 saturated carbocycles. The number of nitrogens with zero attached hydrogens (tertiary/aromatic N) is 2. The van der Waals surface area contributed by atoms with Gasteiger partial charge in [-0.2, -0.15) is 0 Å². The van der Waals surface area contributed by atoms with Crippen LogP contribution in [-0.2, 0) is 4.79 Å². The van der Waals surface area contributed by atoms with Crippen LogP contribution in [0, 0.1) is 0 Å². The molecule has 0 aliphatic carbocycles. The summed E-state index contributed by atoms with van der Waals surface area (Å²) in [7, 11) is 0. The Kier molecular flexibility index (Phi) is 14.9. The standard InChI is InChI=1S/C19H29Cl2N5O2.HI/c1-4-22-19(24-10-9-17(27)26(5-2)6-3)25-12-11-23-18(28)14-7-8-15(20)16(21)13-14;/h7-8,13H,4-6,9-12H2,1-3H3,(H,23,28)(H2,22,24,25);1H. The van der Waals surface area contributed by atoms with E-state index in [1.807, 2.05) is 20.8 Å². The van der Waals surface area contributed by atoms with Gasteiger partial charge in [-0.05, 0) is 39.0 Å². The fourth-order valence-electron chi connectivity index (χ4n) is 2.44. The van der Waals surface area contributed by atoms with Gasteiger partial charge in [-0.3, -0.25) is 14.6 Å². The molecular formula is C19H30Cl2IN5O2. The Labute approximate surface area is 200 Å². The summed E-state index contributed by atoms with van der Waals surface area (Å²) in [5.41, 5.74) is 0.449. The van der Waals surface area contributed by atoms with Crippen LogP contribution in [0.5, 0.6) is 0 Å². The Morgan fingerprint density at radius 1 is 1.00 bits per heavy atom. The number of nitrogens with one attached hydrogen (secondary N) is 3. The third kappa shape index (κ3) is 10.4. The van der Waals surface area contributed by atoms with E-state index >= 15 is 0 Å². The topological polar surface area (TPSA) is 85.8 Å². The molecule has 0 atom stereocenters. The maximum absolute atomic E-state index is 12.1. The zero-order chi connectivity index (χ0) is 20.9. The van der Waals surface area contributed by atoms with E-state index in [0.29, 0.717) is 67.3 Å². The highest BCUT2D eigenvalue weighted by Gasteiger charge is 2.09. The average molecular weight is 558 g/mol. The first-order valence-corrected chi connectivity index (χ1v) is 10.2. The van der Waals surface area contributed by atoms with Gasteiger partial charge in [0.2, 0.25) is 5.91 Å². The first-order chi connectivity index (χ1) is 13.4. The Bertz CT molecular complexity index is 685. The highest BCUT2D eigenvalue weighted by atomic mass is 127. The second-order valence-electron chi connectivity index (χ2n) is 5.89. The molecule has 0 aromatic heterocycles. The maximum Gasteiger partial charge on any atom is 0.251 e. The summed E-state index contributed by atoms with van der Waals surface area (Å²) in [6.07, 6.45) is 0.367. The number of benzene rings is 1. The number of aliphatic imine (C=N–C) groups is 1. The van der Waals surface area contributed by atoms with Crippen molar-refractivity contribution in [3.63, 3.8) is 0 Å². The van der Waals surface area contributed by atoms with Gasteiger partial charge in [0.25, 0.3) is 5.91 Å². The summed E-state index contributed by atoms with van der Waals surface area (Å²) in [6, 6.07) is 4.74. The number of halogens is 3. The van der Waals surface area contributed by atoms with E-state index in [0.717, 1.165) is 0 Å². The van der Waals surface area contributed by atoms with E-state index in [1.54, 1.807) is 17.0 Å². The molecule has 1 aromatic rings. The van der Waals surface area contributed by atoms with Crippen molar-refractivity contribution < 1.29 is 9.59 Å². The zero-order valence-electron chi connectivity index (χ0n) is 17.1. The number of carbonyl (C=O) groups is 2. The van der Waals surface area contributed by atoms with Gasteiger partial charge in [-0.25, -0.2) is 0 Å². The molecule has 2 amide bonds. The van der Waals surface area contributed by atoms with Gasteiger partial charge in [0.1, 0.15) is 0 Å². The van der Waals surface area contributed by atoms with E-state index in [4.69, 9.17) is 23.2 Å².